The quantitative estimate of drug-likeness (QED) is 0.669. The van der Waals surface area contributed by atoms with Crippen molar-refractivity contribution in [3.63, 3.8) is 0 Å². The van der Waals surface area contributed by atoms with Gasteiger partial charge in [0.05, 0.1) is 5.54 Å². The number of nitrogens with one attached hydrogen (secondary N) is 1. The van der Waals surface area contributed by atoms with E-state index in [2.05, 4.69) is 24.2 Å². The second-order valence-electron chi connectivity index (χ2n) is 6.80. The van der Waals surface area contributed by atoms with Gasteiger partial charge >= 0.3 is 0 Å². The van der Waals surface area contributed by atoms with E-state index in [-0.39, 0.29) is 5.91 Å². The van der Waals surface area contributed by atoms with Gasteiger partial charge in [-0.15, -0.1) is 0 Å². The Morgan fingerprint density at radius 1 is 1.35 bits per heavy atom. The molecule has 0 aromatic heterocycles. The zero-order chi connectivity index (χ0) is 14.6. The number of nitrogens with zero attached hydrogens (tertiary/aromatic N) is 1. The van der Waals surface area contributed by atoms with Crippen LogP contribution in [0.1, 0.15) is 64.7 Å². The van der Waals surface area contributed by atoms with Gasteiger partial charge in [-0.1, -0.05) is 19.8 Å². The minimum absolute atomic E-state index is 0.143. The molecular formula is C16H31N3O. The van der Waals surface area contributed by atoms with Gasteiger partial charge in [-0.05, 0) is 58.5 Å². The highest BCUT2D eigenvalue weighted by Crippen LogP contribution is 2.34. The van der Waals surface area contributed by atoms with E-state index < -0.39 is 5.54 Å². The molecule has 0 radical (unpaired) electrons. The Bertz CT molecular complexity index is 330. The molecule has 4 nitrogen and oxygen atoms in total. The molecule has 2 aliphatic rings. The molecule has 2 rings (SSSR count). The standard InChI is InChI=1S/C16H31N3O/c1-3-4-5-11-19(2)14-7-6-10-16(12-14,15(17)20)18-13-8-9-13/h13-14,18H,3-12H2,1-2H3,(H2,17,20). The molecule has 2 fully saturated rings. The summed E-state index contributed by atoms with van der Waals surface area (Å²) in [5, 5.41) is 3.56. The second kappa shape index (κ2) is 6.90. The number of hydrogen-bond donors (Lipinski definition) is 2. The number of amides is 1. The number of primary amides is 1. The zero-order valence-electron chi connectivity index (χ0n) is 13.2. The summed E-state index contributed by atoms with van der Waals surface area (Å²) in [6, 6.07) is 1.03. The minimum atomic E-state index is -0.441. The van der Waals surface area contributed by atoms with Crippen LogP contribution >= 0.6 is 0 Å². The van der Waals surface area contributed by atoms with Crippen LogP contribution in [0.5, 0.6) is 0 Å². The molecule has 4 heteroatoms. The first kappa shape index (κ1) is 15.8. The normalized spacial score (nSPS) is 30.6. The highest BCUT2D eigenvalue weighted by molar-refractivity contribution is 5.85. The highest BCUT2D eigenvalue weighted by atomic mass is 16.1. The summed E-state index contributed by atoms with van der Waals surface area (Å²) in [4.78, 5) is 14.5. The van der Waals surface area contributed by atoms with E-state index in [4.69, 9.17) is 5.73 Å². The molecule has 1 amide bonds. The molecule has 2 saturated carbocycles. The molecule has 0 aliphatic heterocycles. The molecule has 2 atom stereocenters. The molecule has 2 aliphatic carbocycles. The number of unbranched alkanes of at least 4 members (excludes halogenated alkanes) is 2. The number of nitrogens with two attached hydrogens (primary N) is 1. The van der Waals surface area contributed by atoms with E-state index in [1.54, 1.807) is 0 Å². The lowest BCUT2D eigenvalue weighted by molar-refractivity contribution is -0.126. The van der Waals surface area contributed by atoms with Crippen LogP contribution in [0, 0.1) is 0 Å². The Morgan fingerprint density at radius 3 is 2.70 bits per heavy atom. The average Bonchev–Trinajstić information content (AvgIpc) is 3.23. The van der Waals surface area contributed by atoms with E-state index in [9.17, 15) is 4.79 Å². The molecule has 0 spiro atoms. The van der Waals surface area contributed by atoms with Crippen molar-refractivity contribution in [2.24, 2.45) is 5.73 Å². The number of carbonyl (C=O) groups excluding carboxylic acids is 1. The van der Waals surface area contributed by atoms with Crippen molar-refractivity contribution < 1.29 is 4.79 Å². The molecule has 0 saturated heterocycles. The van der Waals surface area contributed by atoms with Crippen LogP contribution < -0.4 is 11.1 Å². The lowest BCUT2D eigenvalue weighted by atomic mass is 9.77. The Balaban J connectivity index is 1.92. The third-order valence-electron chi connectivity index (χ3n) is 4.99. The van der Waals surface area contributed by atoms with Crippen molar-refractivity contribution in [2.45, 2.75) is 82.3 Å². The lowest BCUT2D eigenvalue weighted by Gasteiger charge is -2.42. The maximum atomic E-state index is 12.0. The first-order chi connectivity index (χ1) is 9.57. The smallest absolute Gasteiger partial charge is 0.237 e. The van der Waals surface area contributed by atoms with Crippen LogP contribution in [-0.2, 0) is 4.79 Å². The fourth-order valence-corrected chi connectivity index (χ4v) is 3.46. The van der Waals surface area contributed by atoms with E-state index in [0.29, 0.717) is 12.1 Å². The largest absolute Gasteiger partial charge is 0.368 e. The first-order valence-corrected chi connectivity index (χ1v) is 8.35. The van der Waals surface area contributed by atoms with Crippen molar-refractivity contribution in [3.05, 3.63) is 0 Å². The predicted octanol–water partition coefficient (Wildman–Crippen LogP) is 2.03. The molecule has 0 aromatic rings. The van der Waals surface area contributed by atoms with E-state index in [0.717, 1.165) is 25.8 Å². The van der Waals surface area contributed by atoms with Gasteiger partial charge in [0.25, 0.3) is 0 Å². The number of rotatable bonds is 8. The monoisotopic (exact) mass is 281 g/mol. The van der Waals surface area contributed by atoms with Gasteiger partial charge in [-0.3, -0.25) is 4.79 Å². The van der Waals surface area contributed by atoms with Gasteiger partial charge in [-0.25, -0.2) is 0 Å². The third-order valence-corrected chi connectivity index (χ3v) is 4.99. The van der Waals surface area contributed by atoms with Crippen molar-refractivity contribution >= 4 is 5.91 Å². The van der Waals surface area contributed by atoms with Crippen LogP contribution in [0.25, 0.3) is 0 Å². The van der Waals surface area contributed by atoms with Crippen LogP contribution in [0.2, 0.25) is 0 Å². The average molecular weight is 281 g/mol. The summed E-state index contributed by atoms with van der Waals surface area (Å²) in [7, 11) is 2.20. The summed E-state index contributed by atoms with van der Waals surface area (Å²) in [5.74, 6) is -0.143. The van der Waals surface area contributed by atoms with Gasteiger partial charge in [-0.2, -0.15) is 0 Å². The van der Waals surface area contributed by atoms with Gasteiger partial charge in [0.15, 0.2) is 0 Å². The number of carbonyl (C=O) groups is 1. The van der Waals surface area contributed by atoms with Gasteiger partial charge in [0.2, 0.25) is 5.91 Å². The third kappa shape index (κ3) is 3.95. The maximum Gasteiger partial charge on any atom is 0.237 e. The molecule has 20 heavy (non-hydrogen) atoms. The van der Waals surface area contributed by atoms with Crippen LogP contribution in [0.4, 0.5) is 0 Å². The molecule has 116 valence electrons. The maximum absolute atomic E-state index is 12.0. The van der Waals surface area contributed by atoms with E-state index in [1.165, 1.54) is 38.5 Å². The SMILES string of the molecule is CCCCCN(C)C1CCCC(NC2CC2)(C(N)=O)C1. The van der Waals surface area contributed by atoms with Gasteiger partial charge < -0.3 is 16.0 Å². The van der Waals surface area contributed by atoms with Crippen LogP contribution in [0.3, 0.4) is 0 Å². The summed E-state index contributed by atoms with van der Waals surface area (Å²) in [5.41, 5.74) is 5.30. The topological polar surface area (TPSA) is 58.4 Å². The summed E-state index contributed by atoms with van der Waals surface area (Å²) in [6.07, 6.45) is 10.3. The Hall–Kier alpha value is -0.610. The van der Waals surface area contributed by atoms with Crippen molar-refractivity contribution in [1.29, 1.82) is 0 Å². The van der Waals surface area contributed by atoms with Crippen LogP contribution in [-0.4, -0.2) is 42.0 Å². The number of hydrogen-bond acceptors (Lipinski definition) is 3. The molecular weight excluding hydrogens is 250 g/mol. The highest BCUT2D eigenvalue weighted by Gasteiger charge is 2.45. The van der Waals surface area contributed by atoms with Crippen molar-refractivity contribution in [2.75, 3.05) is 13.6 Å². The summed E-state index contributed by atoms with van der Waals surface area (Å²) in [6.45, 7) is 3.37. The van der Waals surface area contributed by atoms with Gasteiger partial charge in [0.1, 0.15) is 0 Å². The first-order valence-electron chi connectivity index (χ1n) is 8.35. The summed E-state index contributed by atoms with van der Waals surface area (Å²) < 4.78 is 0. The van der Waals surface area contributed by atoms with Gasteiger partial charge in [0, 0.05) is 12.1 Å². The Kier molecular flexibility index (Phi) is 5.44. The lowest BCUT2D eigenvalue weighted by Crippen LogP contribution is -2.61. The Labute approximate surface area is 123 Å². The molecule has 3 N–H and O–H groups in total. The summed E-state index contributed by atoms with van der Waals surface area (Å²) >= 11 is 0. The molecule has 2 unspecified atom stereocenters. The Morgan fingerprint density at radius 2 is 2.10 bits per heavy atom. The van der Waals surface area contributed by atoms with E-state index in [1.807, 2.05) is 0 Å². The zero-order valence-corrected chi connectivity index (χ0v) is 13.2. The molecule has 0 heterocycles. The van der Waals surface area contributed by atoms with Crippen LogP contribution in [0.15, 0.2) is 0 Å². The van der Waals surface area contributed by atoms with Crippen molar-refractivity contribution in [3.8, 4) is 0 Å². The molecule has 0 bridgehead atoms. The van der Waals surface area contributed by atoms with E-state index >= 15 is 0 Å². The fourth-order valence-electron chi connectivity index (χ4n) is 3.46. The molecule has 0 aromatic carbocycles. The van der Waals surface area contributed by atoms with Crippen molar-refractivity contribution in [1.82, 2.24) is 10.2 Å². The predicted molar refractivity (Wildman–Crippen MR) is 82.5 cm³/mol. The minimum Gasteiger partial charge on any atom is -0.368 e. The fraction of sp³-hybridized carbons (Fsp3) is 0.938. The second-order valence-corrected chi connectivity index (χ2v) is 6.80.